The van der Waals surface area contributed by atoms with E-state index in [9.17, 15) is 14.3 Å². The van der Waals surface area contributed by atoms with Crippen molar-refractivity contribution in [1.29, 1.82) is 0 Å². The van der Waals surface area contributed by atoms with Crippen LogP contribution in [0, 0.1) is 26.6 Å². The highest BCUT2D eigenvalue weighted by Crippen LogP contribution is 2.23. The monoisotopic (exact) mass is 287 g/mol. The minimum Gasteiger partial charge on any atom is -0.479 e. The van der Waals surface area contributed by atoms with Crippen LogP contribution in [0.1, 0.15) is 28.3 Å². The van der Waals surface area contributed by atoms with Crippen molar-refractivity contribution in [1.82, 2.24) is 0 Å². The first-order valence-corrected chi connectivity index (χ1v) is 6.70. The summed E-state index contributed by atoms with van der Waals surface area (Å²) in [4.78, 5) is 11.5. The Kier molecular flexibility index (Phi) is 4.26. The van der Waals surface area contributed by atoms with Crippen LogP contribution in [-0.2, 0) is 4.79 Å². The highest BCUT2D eigenvalue weighted by atomic mass is 19.1. The molecule has 0 radical (unpaired) electrons. The summed E-state index contributed by atoms with van der Waals surface area (Å²) >= 11 is 0. The zero-order valence-electron chi connectivity index (χ0n) is 12.3. The van der Waals surface area contributed by atoms with Gasteiger partial charge in [0.2, 0.25) is 0 Å². The molecule has 0 aromatic heterocycles. The standard InChI is InChI=1S/C17H18FNO2/c1-10-6-14(18)9-15(7-10)19-16(17(20)21)13-5-4-11(2)12(3)8-13/h4-9,16,19H,1-3H3,(H,20,21). The third-order valence-electron chi connectivity index (χ3n) is 3.46. The number of halogens is 1. The first-order valence-electron chi connectivity index (χ1n) is 6.70. The third kappa shape index (κ3) is 3.60. The largest absolute Gasteiger partial charge is 0.479 e. The number of benzene rings is 2. The second-order valence-electron chi connectivity index (χ2n) is 5.28. The quantitative estimate of drug-likeness (QED) is 0.894. The summed E-state index contributed by atoms with van der Waals surface area (Å²) in [5.41, 5.74) is 3.97. The maximum absolute atomic E-state index is 13.4. The molecule has 0 heterocycles. The summed E-state index contributed by atoms with van der Waals surface area (Å²) in [6.07, 6.45) is 0. The van der Waals surface area contributed by atoms with E-state index < -0.39 is 12.0 Å². The molecule has 1 atom stereocenters. The Balaban J connectivity index is 2.35. The van der Waals surface area contributed by atoms with E-state index in [4.69, 9.17) is 0 Å². The molecular weight excluding hydrogens is 269 g/mol. The molecule has 0 aliphatic heterocycles. The van der Waals surface area contributed by atoms with E-state index in [1.165, 1.54) is 12.1 Å². The van der Waals surface area contributed by atoms with Gasteiger partial charge in [0.1, 0.15) is 5.82 Å². The second kappa shape index (κ2) is 5.95. The van der Waals surface area contributed by atoms with Crippen molar-refractivity contribution in [3.05, 3.63) is 64.5 Å². The average Bonchev–Trinajstić information content (AvgIpc) is 2.38. The SMILES string of the molecule is Cc1cc(F)cc(NC(C(=O)O)c2ccc(C)c(C)c2)c1. The van der Waals surface area contributed by atoms with E-state index >= 15 is 0 Å². The first kappa shape index (κ1) is 15.0. The minimum atomic E-state index is -1.000. The van der Waals surface area contributed by atoms with E-state index in [0.29, 0.717) is 11.3 Å². The van der Waals surface area contributed by atoms with Gasteiger partial charge in [-0.25, -0.2) is 9.18 Å². The Labute approximate surface area is 123 Å². The molecule has 110 valence electrons. The van der Waals surface area contributed by atoms with E-state index in [-0.39, 0.29) is 5.82 Å². The fourth-order valence-corrected chi connectivity index (χ4v) is 2.22. The molecule has 3 nitrogen and oxygen atoms in total. The highest BCUT2D eigenvalue weighted by Gasteiger charge is 2.20. The topological polar surface area (TPSA) is 49.3 Å². The number of hydrogen-bond donors (Lipinski definition) is 2. The molecule has 2 aromatic carbocycles. The molecule has 2 rings (SSSR count). The minimum absolute atomic E-state index is 0.387. The molecule has 1 unspecified atom stereocenters. The van der Waals surface area contributed by atoms with Gasteiger partial charge in [-0.2, -0.15) is 0 Å². The molecule has 2 N–H and O–H groups in total. The highest BCUT2D eigenvalue weighted by molar-refractivity contribution is 5.79. The molecule has 0 bridgehead atoms. The lowest BCUT2D eigenvalue weighted by atomic mass is 10.0. The average molecular weight is 287 g/mol. The van der Waals surface area contributed by atoms with Gasteiger partial charge in [0.05, 0.1) is 0 Å². The second-order valence-corrected chi connectivity index (χ2v) is 5.28. The fraction of sp³-hybridized carbons (Fsp3) is 0.235. The maximum atomic E-state index is 13.4. The van der Waals surface area contributed by atoms with Crippen LogP contribution in [0.3, 0.4) is 0 Å². The van der Waals surface area contributed by atoms with Crippen LogP contribution in [0.25, 0.3) is 0 Å². The van der Waals surface area contributed by atoms with Crippen molar-refractivity contribution >= 4 is 11.7 Å². The Morgan fingerprint density at radius 1 is 1.10 bits per heavy atom. The first-order chi connectivity index (χ1) is 9.86. The van der Waals surface area contributed by atoms with Crippen LogP contribution in [0.2, 0.25) is 0 Å². The van der Waals surface area contributed by atoms with Crippen molar-refractivity contribution in [3.63, 3.8) is 0 Å². The molecule has 0 aliphatic carbocycles. The lowest BCUT2D eigenvalue weighted by molar-refractivity contribution is -0.138. The molecule has 0 amide bonds. The number of carboxylic acids is 1. The zero-order chi connectivity index (χ0) is 15.6. The Morgan fingerprint density at radius 2 is 1.81 bits per heavy atom. The summed E-state index contributed by atoms with van der Waals surface area (Å²) in [6.45, 7) is 5.67. The normalized spacial score (nSPS) is 12.0. The van der Waals surface area contributed by atoms with Gasteiger partial charge in [0.15, 0.2) is 6.04 Å². The van der Waals surface area contributed by atoms with Gasteiger partial charge in [-0.05, 0) is 61.2 Å². The molecule has 0 spiro atoms. The number of anilines is 1. The maximum Gasteiger partial charge on any atom is 0.330 e. The van der Waals surface area contributed by atoms with Gasteiger partial charge in [0.25, 0.3) is 0 Å². The predicted molar refractivity (Wildman–Crippen MR) is 81.1 cm³/mol. The van der Waals surface area contributed by atoms with Gasteiger partial charge in [0, 0.05) is 5.69 Å². The fourth-order valence-electron chi connectivity index (χ4n) is 2.22. The van der Waals surface area contributed by atoms with Gasteiger partial charge < -0.3 is 10.4 Å². The molecule has 0 saturated heterocycles. The molecular formula is C17H18FNO2. The Morgan fingerprint density at radius 3 is 2.38 bits per heavy atom. The number of carbonyl (C=O) groups is 1. The van der Waals surface area contributed by atoms with Crippen LogP contribution in [0.5, 0.6) is 0 Å². The summed E-state index contributed by atoms with van der Waals surface area (Å²) in [5.74, 6) is -1.39. The summed E-state index contributed by atoms with van der Waals surface area (Å²) < 4.78 is 13.4. The zero-order valence-corrected chi connectivity index (χ0v) is 12.3. The lowest BCUT2D eigenvalue weighted by Gasteiger charge is -2.18. The van der Waals surface area contributed by atoms with Crippen LogP contribution >= 0.6 is 0 Å². The third-order valence-corrected chi connectivity index (χ3v) is 3.46. The van der Waals surface area contributed by atoms with Crippen LogP contribution in [0.4, 0.5) is 10.1 Å². The molecule has 21 heavy (non-hydrogen) atoms. The Bertz CT molecular complexity index is 662. The molecule has 0 aliphatic rings. The van der Waals surface area contributed by atoms with Crippen molar-refractivity contribution in [2.75, 3.05) is 5.32 Å². The number of nitrogens with one attached hydrogen (secondary N) is 1. The molecule has 0 saturated carbocycles. The van der Waals surface area contributed by atoms with Crippen molar-refractivity contribution in [2.45, 2.75) is 26.8 Å². The lowest BCUT2D eigenvalue weighted by Crippen LogP contribution is -2.20. The summed E-state index contributed by atoms with van der Waals surface area (Å²) in [5, 5.41) is 12.3. The van der Waals surface area contributed by atoms with Gasteiger partial charge >= 0.3 is 5.97 Å². The van der Waals surface area contributed by atoms with E-state index in [1.54, 1.807) is 19.1 Å². The number of carboxylic acid groups (broad SMARTS) is 1. The van der Waals surface area contributed by atoms with Crippen molar-refractivity contribution in [3.8, 4) is 0 Å². The van der Waals surface area contributed by atoms with Gasteiger partial charge in [-0.3, -0.25) is 0 Å². The molecule has 2 aromatic rings. The van der Waals surface area contributed by atoms with Crippen molar-refractivity contribution in [2.24, 2.45) is 0 Å². The van der Waals surface area contributed by atoms with E-state index in [2.05, 4.69) is 5.32 Å². The van der Waals surface area contributed by atoms with Crippen molar-refractivity contribution < 1.29 is 14.3 Å². The molecule has 4 heteroatoms. The molecule has 0 fully saturated rings. The van der Waals surface area contributed by atoms with E-state index in [0.717, 1.165) is 16.7 Å². The number of aryl methyl sites for hydroxylation is 3. The summed E-state index contributed by atoms with van der Waals surface area (Å²) in [7, 11) is 0. The number of hydrogen-bond acceptors (Lipinski definition) is 2. The summed E-state index contributed by atoms with van der Waals surface area (Å²) in [6, 6.07) is 9.01. The van der Waals surface area contributed by atoms with Gasteiger partial charge in [-0.15, -0.1) is 0 Å². The van der Waals surface area contributed by atoms with Gasteiger partial charge in [-0.1, -0.05) is 18.2 Å². The number of rotatable bonds is 4. The predicted octanol–water partition coefficient (Wildman–Crippen LogP) is 3.99. The number of aliphatic carboxylic acids is 1. The Hall–Kier alpha value is -2.36. The van der Waals surface area contributed by atoms with E-state index in [1.807, 2.05) is 26.0 Å². The van der Waals surface area contributed by atoms with Crippen LogP contribution < -0.4 is 5.32 Å². The smallest absolute Gasteiger partial charge is 0.330 e. The van der Waals surface area contributed by atoms with Crippen LogP contribution in [0.15, 0.2) is 36.4 Å². The van der Waals surface area contributed by atoms with Crippen LogP contribution in [-0.4, -0.2) is 11.1 Å².